The van der Waals surface area contributed by atoms with Crippen LogP contribution in [0.25, 0.3) is 0 Å². The van der Waals surface area contributed by atoms with Gasteiger partial charge in [0.1, 0.15) is 0 Å². The second-order valence-electron chi connectivity index (χ2n) is 9.34. The van der Waals surface area contributed by atoms with Crippen molar-refractivity contribution in [1.29, 1.82) is 5.26 Å². The molecule has 1 fully saturated rings. The summed E-state index contributed by atoms with van der Waals surface area (Å²) in [6.07, 6.45) is 8.27. The highest BCUT2D eigenvalue weighted by Gasteiger charge is 2.34. The number of benzene rings is 2. The lowest BCUT2D eigenvalue weighted by Gasteiger charge is -2.20. The molecule has 2 atom stereocenters. The van der Waals surface area contributed by atoms with Crippen molar-refractivity contribution in [3.05, 3.63) is 59.2 Å². The summed E-state index contributed by atoms with van der Waals surface area (Å²) in [5.41, 5.74) is 3.31. The molecule has 2 aliphatic rings. The predicted octanol–water partition coefficient (Wildman–Crippen LogP) is 3.60. The van der Waals surface area contributed by atoms with Crippen molar-refractivity contribution in [3.63, 3.8) is 0 Å². The molecule has 186 valence electrons. The van der Waals surface area contributed by atoms with E-state index in [1.54, 1.807) is 24.3 Å². The van der Waals surface area contributed by atoms with Crippen LogP contribution in [0.5, 0.6) is 0 Å². The smallest absolute Gasteiger partial charge is 0.241 e. The molecule has 0 bridgehead atoms. The summed E-state index contributed by atoms with van der Waals surface area (Å²) >= 11 is 0. The van der Waals surface area contributed by atoms with Crippen LogP contribution >= 0.6 is 0 Å². The van der Waals surface area contributed by atoms with Crippen LogP contribution in [0.1, 0.15) is 61.8 Å². The Morgan fingerprint density at radius 1 is 1.14 bits per heavy atom. The van der Waals surface area contributed by atoms with E-state index in [4.69, 9.17) is 5.26 Å². The van der Waals surface area contributed by atoms with Crippen molar-refractivity contribution in [3.8, 4) is 6.19 Å². The molecule has 0 aromatic heterocycles. The normalized spacial score (nSPS) is 20.8. The number of sulfonamides is 1. The van der Waals surface area contributed by atoms with E-state index in [1.807, 2.05) is 31.3 Å². The molecule has 2 aromatic rings. The first-order chi connectivity index (χ1) is 16.9. The number of rotatable bonds is 7. The van der Waals surface area contributed by atoms with E-state index in [-0.39, 0.29) is 4.90 Å². The Hall–Kier alpha value is -2.93. The van der Waals surface area contributed by atoms with Crippen molar-refractivity contribution in [1.82, 2.24) is 10.0 Å². The zero-order valence-electron chi connectivity index (χ0n) is 20.0. The van der Waals surface area contributed by atoms with Gasteiger partial charge in [0.05, 0.1) is 17.0 Å². The first-order valence-electron chi connectivity index (χ1n) is 12.3. The molecular formula is C26H33N5O3S. The zero-order chi connectivity index (χ0) is 24.8. The molecule has 0 aliphatic heterocycles. The van der Waals surface area contributed by atoms with Crippen LogP contribution in [0.2, 0.25) is 0 Å². The van der Waals surface area contributed by atoms with Crippen molar-refractivity contribution < 1.29 is 13.5 Å². The number of aliphatic imine (C=N–C) groups is 1. The molecular weight excluding hydrogens is 462 g/mol. The van der Waals surface area contributed by atoms with Crippen LogP contribution in [-0.4, -0.2) is 32.1 Å². The molecule has 2 aliphatic carbocycles. The molecule has 0 spiro atoms. The molecule has 8 nitrogen and oxygen atoms in total. The van der Waals surface area contributed by atoms with Gasteiger partial charge in [-0.25, -0.2) is 13.1 Å². The van der Waals surface area contributed by atoms with Crippen molar-refractivity contribution in [2.45, 2.75) is 68.9 Å². The number of aliphatic hydroxyl groups excluding tert-OH is 1. The summed E-state index contributed by atoms with van der Waals surface area (Å²) in [6.45, 7) is 2.66. The van der Waals surface area contributed by atoms with Gasteiger partial charge in [0.25, 0.3) is 0 Å². The van der Waals surface area contributed by atoms with Crippen molar-refractivity contribution in [2.24, 2.45) is 10.9 Å². The molecule has 0 heterocycles. The van der Waals surface area contributed by atoms with E-state index >= 15 is 0 Å². The number of hydrogen-bond acceptors (Lipinski definition) is 5. The molecule has 0 unspecified atom stereocenters. The fourth-order valence-corrected chi connectivity index (χ4v) is 6.12. The minimum absolute atomic E-state index is 0.167. The first-order valence-corrected chi connectivity index (χ1v) is 13.8. The van der Waals surface area contributed by atoms with E-state index in [1.165, 1.54) is 19.3 Å². The van der Waals surface area contributed by atoms with Crippen LogP contribution in [0.4, 0.5) is 5.69 Å². The summed E-state index contributed by atoms with van der Waals surface area (Å²) < 4.78 is 28.7. The van der Waals surface area contributed by atoms with E-state index < -0.39 is 22.2 Å². The highest BCUT2D eigenvalue weighted by atomic mass is 32.2. The molecule has 2 aromatic carbocycles. The molecule has 0 radical (unpaired) electrons. The van der Waals surface area contributed by atoms with Crippen LogP contribution in [0.15, 0.2) is 52.4 Å². The number of fused-ring (bicyclic) bond motifs is 1. The molecule has 1 saturated carbocycles. The van der Waals surface area contributed by atoms with Crippen LogP contribution in [0, 0.1) is 17.4 Å². The summed E-state index contributed by atoms with van der Waals surface area (Å²) in [5.74, 6) is 0.895. The van der Waals surface area contributed by atoms with Gasteiger partial charge >= 0.3 is 0 Å². The van der Waals surface area contributed by atoms with Crippen molar-refractivity contribution in [2.75, 3.05) is 11.9 Å². The van der Waals surface area contributed by atoms with Gasteiger partial charge in [-0.3, -0.25) is 10.3 Å². The maximum Gasteiger partial charge on any atom is 0.241 e. The fourth-order valence-electron chi connectivity index (χ4n) is 4.87. The van der Waals surface area contributed by atoms with Gasteiger partial charge in [-0.05, 0) is 66.1 Å². The van der Waals surface area contributed by atoms with E-state index in [0.717, 1.165) is 30.4 Å². The predicted molar refractivity (Wildman–Crippen MR) is 136 cm³/mol. The molecule has 35 heavy (non-hydrogen) atoms. The largest absolute Gasteiger partial charge is 0.391 e. The Balaban J connectivity index is 1.51. The van der Waals surface area contributed by atoms with Crippen LogP contribution < -0.4 is 15.4 Å². The molecule has 0 saturated heterocycles. The van der Waals surface area contributed by atoms with Gasteiger partial charge in [-0.15, -0.1) is 0 Å². The average molecular weight is 496 g/mol. The van der Waals surface area contributed by atoms with E-state index in [0.29, 0.717) is 36.1 Å². The second kappa shape index (κ2) is 11.2. The topological polar surface area (TPSA) is 127 Å². The monoisotopic (exact) mass is 495 g/mol. The Labute approximate surface area is 207 Å². The SMILES string of the molecule is CCc1ccc(S(=O)(=O)N[C@@H]2c3cc(NC(=NCC4CCCCC4)NC#N)ccc3C[C@H]2O)cc1. The van der Waals surface area contributed by atoms with Gasteiger partial charge in [-0.2, -0.15) is 5.26 Å². The number of nitriles is 1. The molecule has 4 rings (SSSR count). The third-order valence-corrected chi connectivity index (χ3v) is 8.35. The van der Waals surface area contributed by atoms with Crippen LogP contribution in [-0.2, 0) is 22.9 Å². The zero-order valence-corrected chi connectivity index (χ0v) is 20.8. The maximum absolute atomic E-state index is 13.0. The van der Waals surface area contributed by atoms with Gasteiger partial charge in [0.2, 0.25) is 16.0 Å². The van der Waals surface area contributed by atoms with Gasteiger partial charge in [0.15, 0.2) is 6.19 Å². The van der Waals surface area contributed by atoms with Gasteiger partial charge < -0.3 is 10.4 Å². The lowest BCUT2D eigenvalue weighted by molar-refractivity contribution is 0.151. The number of nitrogens with zero attached hydrogens (tertiary/aromatic N) is 2. The third-order valence-electron chi connectivity index (χ3n) is 6.89. The average Bonchev–Trinajstić information content (AvgIpc) is 3.17. The van der Waals surface area contributed by atoms with E-state index in [9.17, 15) is 13.5 Å². The van der Waals surface area contributed by atoms with E-state index in [2.05, 4.69) is 20.3 Å². The summed E-state index contributed by atoms with van der Waals surface area (Å²) in [6, 6.07) is 11.5. The maximum atomic E-state index is 13.0. The van der Waals surface area contributed by atoms with Crippen LogP contribution in [0.3, 0.4) is 0 Å². The lowest BCUT2D eigenvalue weighted by Crippen LogP contribution is -2.34. The third kappa shape index (κ3) is 6.20. The Morgan fingerprint density at radius 3 is 2.57 bits per heavy atom. The molecule has 0 amide bonds. The number of guanidine groups is 1. The van der Waals surface area contributed by atoms with Crippen molar-refractivity contribution >= 4 is 21.7 Å². The van der Waals surface area contributed by atoms with Gasteiger partial charge in [-0.1, -0.05) is 44.4 Å². The van der Waals surface area contributed by atoms with Gasteiger partial charge in [0, 0.05) is 18.7 Å². The number of aliphatic hydroxyl groups is 1. The minimum Gasteiger partial charge on any atom is -0.391 e. The highest BCUT2D eigenvalue weighted by molar-refractivity contribution is 7.89. The summed E-state index contributed by atoms with van der Waals surface area (Å²) in [4.78, 5) is 4.75. The quantitative estimate of drug-likeness (QED) is 0.201. The Kier molecular flexibility index (Phi) is 8.06. The number of hydrogen-bond donors (Lipinski definition) is 4. The Bertz CT molecular complexity index is 1200. The summed E-state index contributed by atoms with van der Waals surface area (Å²) in [5, 5.41) is 25.6. The number of nitrogens with one attached hydrogen (secondary N) is 3. The minimum atomic E-state index is -3.82. The standard InChI is InChI=1S/C26H33N5O3S/c1-2-18-8-12-22(13-9-18)35(33,34)31-25-23-15-21(11-10-20(23)14-24(25)32)30-26(29-17-27)28-16-19-6-4-3-5-7-19/h8-13,15,19,24-25,31-32H,2-7,14,16H2,1H3,(H2,28,29,30)/t24-,25-/m1/s1. The number of aryl methyl sites for hydroxylation is 1. The first kappa shape index (κ1) is 25.2. The molecule has 9 heteroatoms. The lowest BCUT2D eigenvalue weighted by atomic mass is 9.89. The summed E-state index contributed by atoms with van der Waals surface area (Å²) in [7, 11) is -3.82. The number of anilines is 1. The second-order valence-corrected chi connectivity index (χ2v) is 11.1. The molecule has 4 N–H and O–H groups in total. The fraction of sp³-hybridized carbons (Fsp3) is 0.462. The Morgan fingerprint density at radius 2 is 1.89 bits per heavy atom. The highest BCUT2D eigenvalue weighted by Crippen LogP contribution is 2.35.